The Morgan fingerprint density at radius 2 is 1.61 bits per heavy atom. The minimum atomic E-state index is -0.794. The summed E-state index contributed by atoms with van der Waals surface area (Å²) in [5.74, 6) is -0.158. The van der Waals surface area contributed by atoms with Crippen molar-refractivity contribution in [3.8, 4) is 0 Å². The summed E-state index contributed by atoms with van der Waals surface area (Å²) in [5, 5.41) is 13.5. The lowest BCUT2D eigenvalue weighted by Gasteiger charge is -2.39. The highest BCUT2D eigenvalue weighted by atomic mass is 16.2. The SMILES string of the molecule is C=C[C@@H]1C[C@]1(NC(=O)[C@@H]1C[C@@]2(CN1C(=O)[C@@H](NC(=O)[C@@H](NC(=C)[C@@H]1CCCN1CC)C1CCCCC1)C(C)(C)C)C(C)(C)C21CCC1)C(=C)NC. The Morgan fingerprint density at radius 1 is 0.922 bits per heavy atom. The third-order valence-electron chi connectivity index (χ3n) is 15.2. The van der Waals surface area contributed by atoms with Crippen LogP contribution in [0.2, 0.25) is 0 Å². The zero-order valence-electron chi connectivity index (χ0n) is 32.9. The average Bonchev–Trinajstić information content (AvgIpc) is 3.59. The molecule has 3 amide bonds. The summed E-state index contributed by atoms with van der Waals surface area (Å²) in [4.78, 5) is 48.6. The molecule has 0 aromatic heterocycles. The van der Waals surface area contributed by atoms with Crippen LogP contribution in [0.3, 0.4) is 0 Å². The maximum atomic E-state index is 15.1. The van der Waals surface area contributed by atoms with Crippen molar-refractivity contribution in [2.75, 3.05) is 26.7 Å². The van der Waals surface area contributed by atoms with Crippen LogP contribution in [0.25, 0.3) is 0 Å². The van der Waals surface area contributed by atoms with Gasteiger partial charge in [-0.1, -0.05) is 86.5 Å². The number of likely N-dealkylation sites (tertiary alicyclic amines) is 2. The highest BCUT2D eigenvalue weighted by Crippen LogP contribution is 2.88. The standard InChI is InChI=1S/C42H68N6O3/c1-11-30-24-42(30,28(4)43-10)46-35(49)32-25-41(39(8,9)40(41)21-17-22-40)26-48(32)37(51)34(38(5,6)7)45-36(50)33(29-18-14-13-15-19-29)44-27(3)31-20-16-23-47(31)12-2/h11,29-34,43-44H,1,3-4,12-26H2,2,5-10H3,(H,45,50)(H,46,49)/t30-,31+,32+,33+,34-,41-,42+/m1/s1. The molecule has 0 aromatic carbocycles. The largest absolute Gasteiger partial charge is 0.390 e. The molecule has 4 N–H and O–H groups in total. The third kappa shape index (κ3) is 6.05. The predicted octanol–water partition coefficient (Wildman–Crippen LogP) is 5.65. The first kappa shape index (κ1) is 37.9. The van der Waals surface area contributed by atoms with E-state index in [9.17, 15) is 9.59 Å². The molecular formula is C42H68N6O3. The Bertz CT molecular complexity index is 1420. The maximum Gasteiger partial charge on any atom is 0.246 e. The lowest BCUT2D eigenvalue weighted by Crippen LogP contribution is -2.61. The first-order valence-electron chi connectivity index (χ1n) is 20.2. The predicted molar refractivity (Wildman–Crippen MR) is 204 cm³/mol. The van der Waals surface area contributed by atoms with E-state index < -0.39 is 29.1 Å². The number of carbonyl (C=O) groups excluding carboxylic acids is 3. The number of rotatable bonds is 13. The number of amides is 3. The van der Waals surface area contributed by atoms with Crippen molar-refractivity contribution in [1.82, 2.24) is 31.1 Å². The van der Waals surface area contributed by atoms with Crippen molar-refractivity contribution in [3.05, 3.63) is 37.2 Å². The number of nitrogens with zero attached hydrogens (tertiary/aromatic N) is 2. The van der Waals surface area contributed by atoms with Gasteiger partial charge >= 0.3 is 0 Å². The number of hydrogen-bond donors (Lipinski definition) is 4. The fourth-order valence-electron chi connectivity index (χ4n) is 11.5. The summed E-state index contributed by atoms with van der Waals surface area (Å²) < 4.78 is 0. The fraction of sp³-hybridized carbons (Fsp3) is 0.786. The highest BCUT2D eigenvalue weighted by Gasteiger charge is 2.85. The van der Waals surface area contributed by atoms with Gasteiger partial charge in [0.05, 0.1) is 5.54 Å². The molecule has 2 saturated heterocycles. The first-order valence-corrected chi connectivity index (χ1v) is 20.2. The zero-order valence-corrected chi connectivity index (χ0v) is 32.9. The van der Waals surface area contributed by atoms with Gasteiger partial charge < -0.3 is 26.2 Å². The molecular weight excluding hydrogens is 637 g/mol. The number of nitrogens with one attached hydrogen (secondary N) is 4. The summed E-state index contributed by atoms with van der Waals surface area (Å²) in [6.07, 6.45) is 14.3. The van der Waals surface area contributed by atoms with Gasteiger partial charge in [-0.3, -0.25) is 19.3 Å². The summed E-state index contributed by atoms with van der Waals surface area (Å²) in [5.41, 5.74) is 0.563. The molecule has 9 nitrogen and oxygen atoms in total. The number of carbonyl (C=O) groups is 3. The Hall–Kier alpha value is -2.81. The van der Waals surface area contributed by atoms with Gasteiger partial charge in [0, 0.05) is 42.4 Å². The van der Waals surface area contributed by atoms with E-state index in [1.165, 1.54) is 12.8 Å². The van der Waals surface area contributed by atoms with Gasteiger partial charge in [-0.05, 0) is 86.6 Å². The van der Waals surface area contributed by atoms with E-state index in [1.54, 1.807) is 0 Å². The van der Waals surface area contributed by atoms with Crippen LogP contribution in [0.5, 0.6) is 0 Å². The van der Waals surface area contributed by atoms with E-state index in [0.29, 0.717) is 13.0 Å². The molecule has 51 heavy (non-hydrogen) atoms. The molecule has 4 saturated carbocycles. The Labute approximate surface area is 308 Å². The zero-order chi connectivity index (χ0) is 37.1. The highest BCUT2D eigenvalue weighted by molar-refractivity contribution is 5.95. The van der Waals surface area contributed by atoms with Crippen LogP contribution in [0.15, 0.2) is 37.2 Å². The van der Waals surface area contributed by atoms with E-state index in [-0.39, 0.29) is 51.8 Å². The topological polar surface area (TPSA) is 106 Å². The monoisotopic (exact) mass is 705 g/mol. The Morgan fingerprint density at radius 3 is 2.14 bits per heavy atom. The van der Waals surface area contributed by atoms with Crippen molar-refractivity contribution in [1.29, 1.82) is 0 Å². The van der Waals surface area contributed by atoms with Crippen molar-refractivity contribution >= 4 is 17.7 Å². The van der Waals surface area contributed by atoms with Gasteiger partial charge in [0.2, 0.25) is 17.7 Å². The van der Waals surface area contributed by atoms with E-state index in [0.717, 1.165) is 82.3 Å². The Kier molecular flexibility index (Phi) is 10.1. The van der Waals surface area contributed by atoms with Crippen molar-refractivity contribution in [2.45, 2.75) is 148 Å². The van der Waals surface area contributed by atoms with Gasteiger partial charge in [0.15, 0.2) is 0 Å². The van der Waals surface area contributed by atoms with E-state index >= 15 is 4.79 Å². The van der Waals surface area contributed by atoms with Crippen LogP contribution < -0.4 is 21.3 Å². The van der Waals surface area contributed by atoms with Crippen molar-refractivity contribution in [3.63, 3.8) is 0 Å². The van der Waals surface area contributed by atoms with E-state index in [2.05, 4.69) is 66.7 Å². The van der Waals surface area contributed by atoms with Crippen LogP contribution in [-0.4, -0.2) is 83.9 Å². The second-order valence-electron chi connectivity index (χ2n) is 18.7. The van der Waals surface area contributed by atoms with Gasteiger partial charge in [0.1, 0.15) is 18.1 Å². The third-order valence-corrected chi connectivity index (χ3v) is 15.2. The molecule has 7 atom stereocenters. The quantitative estimate of drug-likeness (QED) is 0.185. The lowest BCUT2D eigenvalue weighted by molar-refractivity contribution is -0.144. The number of likely N-dealkylation sites (N-methyl/N-ethyl adjacent to an activating group) is 2. The normalized spacial score (nSPS) is 33.5. The molecule has 0 radical (unpaired) electrons. The van der Waals surface area contributed by atoms with Crippen molar-refractivity contribution in [2.24, 2.45) is 33.5 Å². The molecule has 6 fully saturated rings. The molecule has 6 rings (SSSR count). The van der Waals surface area contributed by atoms with E-state index in [1.807, 2.05) is 38.8 Å². The van der Waals surface area contributed by atoms with Gasteiger partial charge in [-0.2, -0.15) is 0 Å². The number of hydrogen-bond acceptors (Lipinski definition) is 6. The molecule has 2 spiro atoms. The second kappa shape index (κ2) is 13.6. The smallest absolute Gasteiger partial charge is 0.246 e. The minimum Gasteiger partial charge on any atom is -0.390 e. The van der Waals surface area contributed by atoms with Crippen LogP contribution in [0.4, 0.5) is 0 Å². The maximum absolute atomic E-state index is 15.1. The molecule has 9 heteroatoms. The van der Waals surface area contributed by atoms with Crippen LogP contribution in [0, 0.1) is 33.5 Å². The molecule has 4 aliphatic carbocycles. The average molecular weight is 705 g/mol. The molecule has 6 aliphatic rings. The second-order valence-corrected chi connectivity index (χ2v) is 18.7. The van der Waals surface area contributed by atoms with Crippen LogP contribution in [-0.2, 0) is 14.4 Å². The molecule has 284 valence electrons. The first-order chi connectivity index (χ1) is 24.0. The summed E-state index contributed by atoms with van der Waals surface area (Å²) in [6.45, 7) is 28.2. The van der Waals surface area contributed by atoms with Crippen molar-refractivity contribution < 1.29 is 14.4 Å². The number of fused-ring (bicyclic) bond motifs is 1. The van der Waals surface area contributed by atoms with Crippen LogP contribution >= 0.6 is 0 Å². The fourth-order valence-corrected chi connectivity index (χ4v) is 11.5. The molecule has 0 bridgehead atoms. The van der Waals surface area contributed by atoms with E-state index in [4.69, 9.17) is 0 Å². The summed E-state index contributed by atoms with van der Waals surface area (Å²) in [7, 11) is 1.83. The molecule has 2 aliphatic heterocycles. The molecule has 0 unspecified atom stereocenters. The minimum absolute atomic E-state index is 0.0325. The lowest BCUT2D eigenvalue weighted by atomic mass is 9.73. The molecule has 2 heterocycles. The summed E-state index contributed by atoms with van der Waals surface area (Å²) >= 11 is 0. The van der Waals surface area contributed by atoms with Gasteiger partial charge in [-0.25, -0.2) is 0 Å². The summed E-state index contributed by atoms with van der Waals surface area (Å²) in [6, 6.07) is -1.67. The van der Waals surface area contributed by atoms with Gasteiger partial charge in [0.25, 0.3) is 0 Å². The van der Waals surface area contributed by atoms with Gasteiger partial charge in [-0.15, -0.1) is 6.58 Å². The Balaban J connectivity index is 1.27. The molecule has 0 aromatic rings. The van der Waals surface area contributed by atoms with Crippen LogP contribution in [0.1, 0.15) is 119 Å².